The molecule has 22 heavy (non-hydrogen) atoms. The van der Waals surface area contributed by atoms with Gasteiger partial charge in [0.25, 0.3) is 5.91 Å². The predicted octanol–water partition coefficient (Wildman–Crippen LogP) is 4.79. The molecule has 1 saturated heterocycles. The van der Waals surface area contributed by atoms with E-state index in [0.717, 1.165) is 5.56 Å². The molecule has 110 valence electrons. The summed E-state index contributed by atoms with van der Waals surface area (Å²) in [4.78, 5) is 18.6. The van der Waals surface area contributed by atoms with Crippen molar-refractivity contribution in [2.24, 2.45) is 0 Å². The molecule has 0 aliphatic carbocycles. The molecular weight excluding hydrogens is 359 g/mol. The molecule has 3 rings (SSSR count). The molecule has 1 amide bonds. The van der Waals surface area contributed by atoms with E-state index in [1.54, 1.807) is 36.7 Å². The van der Waals surface area contributed by atoms with Crippen LogP contribution in [0.4, 0.5) is 5.69 Å². The maximum atomic E-state index is 12.6. The highest BCUT2D eigenvalue weighted by Gasteiger charge is 2.33. The number of hydrogen-bond acceptors (Lipinski definition) is 4. The molecule has 0 radical (unpaired) electrons. The molecule has 3 nitrogen and oxygen atoms in total. The van der Waals surface area contributed by atoms with Gasteiger partial charge >= 0.3 is 0 Å². The molecule has 2 aromatic rings. The number of amides is 1. The third kappa shape index (κ3) is 3.17. The second kappa shape index (κ2) is 6.38. The Kier molecular flexibility index (Phi) is 4.49. The molecule has 1 fully saturated rings. The van der Waals surface area contributed by atoms with E-state index < -0.39 is 0 Å². The van der Waals surface area contributed by atoms with E-state index in [1.807, 2.05) is 12.1 Å². The SMILES string of the molecule is O=C1/C(=C/c2cccnc2)SC(=S)N1c1cc(Cl)cc(Cl)c1. The fraction of sp³-hybridized carbons (Fsp3) is 0. The van der Waals surface area contributed by atoms with Crippen molar-refractivity contribution < 1.29 is 4.79 Å². The number of thiocarbonyl (C=S) groups is 1. The lowest BCUT2D eigenvalue weighted by Gasteiger charge is -2.15. The zero-order valence-corrected chi connectivity index (χ0v) is 14.1. The zero-order chi connectivity index (χ0) is 15.7. The van der Waals surface area contributed by atoms with Gasteiger partial charge in [-0.05, 0) is 35.9 Å². The quantitative estimate of drug-likeness (QED) is 0.564. The van der Waals surface area contributed by atoms with Crippen LogP contribution in [-0.2, 0) is 4.79 Å². The fourth-order valence-electron chi connectivity index (χ4n) is 1.97. The maximum Gasteiger partial charge on any atom is 0.270 e. The first-order chi connectivity index (χ1) is 10.5. The van der Waals surface area contributed by atoms with Crippen LogP contribution >= 0.6 is 47.2 Å². The number of nitrogens with zero attached hydrogens (tertiary/aromatic N) is 2. The van der Waals surface area contributed by atoms with Gasteiger partial charge in [0.15, 0.2) is 4.32 Å². The highest BCUT2D eigenvalue weighted by molar-refractivity contribution is 8.27. The summed E-state index contributed by atoms with van der Waals surface area (Å²) in [5.74, 6) is -0.197. The average molecular weight is 367 g/mol. The van der Waals surface area contributed by atoms with Crippen LogP contribution in [0.15, 0.2) is 47.6 Å². The fourth-order valence-corrected chi connectivity index (χ4v) is 3.78. The zero-order valence-electron chi connectivity index (χ0n) is 11.0. The van der Waals surface area contributed by atoms with Crippen LogP contribution < -0.4 is 4.90 Å². The van der Waals surface area contributed by atoms with Crippen LogP contribution in [-0.4, -0.2) is 15.2 Å². The highest BCUT2D eigenvalue weighted by atomic mass is 35.5. The smallest absolute Gasteiger partial charge is 0.268 e. The van der Waals surface area contributed by atoms with Gasteiger partial charge in [-0.25, -0.2) is 0 Å². The predicted molar refractivity (Wildman–Crippen MR) is 96.4 cm³/mol. The molecule has 0 spiro atoms. The van der Waals surface area contributed by atoms with Crippen LogP contribution in [0.3, 0.4) is 0 Å². The van der Waals surface area contributed by atoms with Gasteiger partial charge < -0.3 is 0 Å². The number of rotatable bonds is 2. The Morgan fingerprint density at radius 2 is 1.95 bits per heavy atom. The molecule has 0 saturated carbocycles. The minimum atomic E-state index is -0.197. The highest BCUT2D eigenvalue weighted by Crippen LogP contribution is 2.37. The van der Waals surface area contributed by atoms with Gasteiger partial charge in [0.05, 0.1) is 10.6 Å². The van der Waals surface area contributed by atoms with E-state index in [4.69, 9.17) is 35.4 Å². The topological polar surface area (TPSA) is 33.2 Å². The van der Waals surface area contributed by atoms with Gasteiger partial charge in [-0.15, -0.1) is 0 Å². The lowest BCUT2D eigenvalue weighted by Crippen LogP contribution is -2.27. The standard InChI is InChI=1S/C15H8Cl2N2OS2/c16-10-5-11(17)7-12(6-10)19-14(20)13(22-15(19)21)4-9-2-1-3-18-8-9/h1-8H/b13-4-. The molecule has 1 aromatic carbocycles. The summed E-state index contributed by atoms with van der Waals surface area (Å²) in [6.45, 7) is 0. The maximum absolute atomic E-state index is 12.6. The lowest BCUT2D eigenvalue weighted by atomic mass is 10.2. The van der Waals surface area contributed by atoms with Crippen molar-refractivity contribution in [3.05, 3.63) is 63.2 Å². The van der Waals surface area contributed by atoms with E-state index >= 15 is 0 Å². The minimum Gasteiger partial charge on any atom is -0.268 e. The Balaban J connectivity index is 1.97. The van der Waals surface area contributed by atoms with Crippen molar-refractivity contribution in [3.63, 3.8) is 0 Å². The van der Waals surface area contributed by atoms with Crippen molar-refractivity contribution in [2.45, 2.75) is 0 Å². The number of pyridine rings is 1. The molecule has 1 aromatic heterocycles. The summed E-state index contributed by atoms with van der Waals surface area (Å²) >= 11 is 18.5. The molecule has 1 aliphatic rings. The Morgan fingerprint density at radius 1 is 1.23 bits per heavy atom. The van der Waals surface area contributed by atoms with Crippen LogP contribution in [0.2, 0.25) is 10.0 Å². The van der Waals surface area contributed by atoms with E-state index in [1.165, 1.54) is 16.7 Å². The number of halogens is 2. The largest absolute Gasteiger partial charge is 0.270 e. The second-order valence-electron chi connectivity index (χ2n) is 4.43. The molecule has 0 N–H and O–H groups in total. The first kappa shape index (κ1) is 15.5. The molecule has 0 atom stereocenters. The summed E-state index contributed by atoms with van der Waals surface area (Å²) in [6.07, 6.45) is 5.12. The Hall–Kier alpha value is -1.40. The van der Waals surface area contributed by atoms with E-state index in [9.17, 15) is 4.79 Å². The summed E-state index contributed by atoms with van der Waals surface area (Å²) in [5.41, 5.74) is 1.40. The Labute approximate surface area is 146 Å². The van der Waals surface area contributed by atoms with Crippen LogP contribution in [0.25, 0.3) is 6.08 Å². The van der Waals surface area contributed by atoms with Crippen molar-refractivity contribution in [3.8, 4) is 0 Å². The number of carbonyl (C=O) groups is 1. The summed E-state index contributed by atoms with van der Waals surface area (Å²) < 4.78 is 0.443. The van der Waals surface area contributed by atoms with E-state index in [0.29, 0.717) is 25.0 Å². The molecule has 1 aliphatic heterocycles. The third-order valence-electron chi connectivity index (χ3n) is 2.88. The summed E-state index contributed by atoms with van der Waals surface area (Å²) in [5, 5.41) is 0.903. The van der Waals surface area contributed by atoms with Crippen LogP contribution in [0, 0.1) is 0 Å². The number of thioether (sulfide) groups is 1. The van der Waals surface area contributed by atoms with E-state index in [2.05, 4.69) is 4.98 Å². The monoisotopic (exact) mass is 366 g/mol. The average Bonchev–Trinajstić information content (AvgIpc) is 2.73. The van der Waals surface area contributed by atoms with Crippen LogP contribution in [0.5, 0.6) is 0 Å². The van der Waals surface area contributed by atoms with Crippen LogP contribution in [0.1, 0.15) is 5.56 Å². The number of benzene rings is 1. The Morgan fingerprint density at radius 3 is 2.59 bits per heavy atom. The van der Waals surface area contributed by atoms with Crippen molar-refractivity contribution in [1.29, 1.82) is 0 Å². The lowest BCUT2D eigenvalue weighted by molar-refractivity contribution is -0.113. The normalized spacial score (nSPS) is 16.6. The van der Waals surface area contributed by atoms with Crippen molar-refractivity contribution >= 4 is 69.2 Å². The van der Waals surface area contributed by atoms with Gasteiger partial charge in [0.2, 0.25) is 0 Å². The number of carbonyl (C=O) groups excluding carboxylic acids is 1. The molecule has 0 unspecified atom stereocenters. The number of anilines is 1. The summed E-state index contributed by atoms with van der Waals surface area (Å²) in [6, 6.07) is 8.60. The first-order valence-electron chi connectivity index (χ1n) is 6.19. The van der Waals surface area contributed by atoms with Crippen molar-refractivity contribution in [1.82, 2.24) is 4.98 Å². The number of aromatic nitrogens is 1. The Bertz CT molecular complexity index is 773. The third-order valence-corrected chi connectivity index (χ3v) is 4.62. The molecular formula is C15H8Cl2N2OS2. The summed E-state index contributed by atoms with van der Waals surface area (Å²) in [7, 11) is 0. The van der Waals surface area contributed by atoms with Gasteiger partial charge in [-0.1, -0.05) is 53.2 Å². The number of hydrogen-bond donors (Lipinski definition) is 0. The first-order valence-corrected chi connectivity index (χ1v) is 8.17. The molecule has 7 heteroatoms. The molecule has 0 bridgehead atoms. The van der Waals surface area contributed by atoms with Gasteiger partial charge in [0.1, 0.15) is 0 Å². The van der Waals surface area contributed by atoms with Gasteiger partial charge in [-0.2, -0.15) is 0 Å². The minimum absolute atomic E-state index is 0.197. The van der Waals surface area contributed by atoms with Gasteiger partial charge in [-0.3, -0.25) is 14.7 Å². The second-order valence-corrected chi connectivity index (χ2v) is 6.98. The van der Waals surface area contributed by atoms with E-state index in [-0.39, 0.29) is 5.91 Å². The molecule has 2 heterocycles. The van der Waals surface area contributed by atoms with Crippen molar-refractivity contribution in [2.75, 3.05) is 4.90 Å². The van der Waals surface area contributed by atoms with Gasteiger partial charge in [0, 0.05) is 22.4 Å².